The van der Waals surface area contributed by atoms with Gasteiger partial charge in [-0.05, 0) is 25.3 Å². The van der Waals surface area contributed by atoms with Gasteiger partial charge in [0.1, 0.15) is 5.54 Å². The van der Waals surface area contributed by atoms with E-state index in [4.69, 9.17) is 10.8 Å². The molecule has 2 fully saturated rings. The van der Waals surface area contributed by atoms with Crippen LogP contribution in [0.4, 0.5) is 0 Å². The molecule has 1 saturated heterocycles. The van der Waals surface area contributed by atoms with E-state index in [1.807, 2.05) is 0 Å². The SMILES string of the molecule is N[C@@]1(C(=O)O)C[C@H]2CNC[C@@H]1C2. The lowest BCUT2D eigenvalue weighted by molar-refractivity contribution is -0.144. The van der Waals surface area contributed by atoms with Crippen molar-refractivity contribution in [3.63, 3.8) is 0 Å². The molecule has 0 radical (unpaired) electrons. The number of carboxylic acids is 1. The quantitative estimate of drug-likeness (QED) is 0.491. The monoisotopic (exact) mass is 170 g/mol. The minimum atomic E-state index is -0.950. The first kappa shape index (κ1) is 8.01. The van der Waals surface area contributed by atoms with Crippen LogP contribution in [-0.2, 0) is 4.79 Å². The summed E-state index contributed by atoms with van der Waals surface area (Å²) in [5.74, 6) is -0.225. The summed E-state index contributed by atoms with van der Waals surface area (Å²) in [5, 5.41) is 12.2. The summed E-state index contributed by atoms with van der Waals surface area (Å²) in [5.41, 5.74) is 4.90. The van der Waals surface area contributed by atoms with Crippen LogP contribution in [0.3, 0.4) is 0 Å². The lowest BCUT2D eigenvalue weighted by Crippen LogP contribution is -2.53. The summed E-state index contributed by atoms with van der Waals surface area (Å²) in [6.45, 7) is 1.70. The van der Waals surface area contributed by atoms with Gasteiger partial charge in [0.05, 0.1) is 0 Å². The van der Waals surface area contributed by atoms with Crippen molar-refractivity contribution < 1.29 is 9.90 Å². The minimum Gasteiger partial charge on any atom is -0.480 e. The molecule has 2 rings (SSSR count). The third-order valence-corrected chi connectivity index (χ3v) is 3.19. The van der Waals surface area contributed by atoms with Gasteiger partial charge in [-0.3, -0.25) is 4.79 Å². The molecule has 3 atom stereocenters. The Morgan fingerprint density at radius 2 is 2.33 bits per heavy atom. The number of carbonyl (C=O) groups is 1. The first-order valence-corrected chi connectivity index (χ1v) is 4.36. The van der Waals surface area contributed by atoms with Crippen molar-refractivity contribution in [2.75, 3.05) is 13.1 Å². The third-order valence-electron chi connectivity index (χ3n) is 3.19. The Bertz CT molecular complexity index is 219. The van der Waals surface area contributed by atoms with Crippen molar-refractivity contribution in [2.24, 2.45) is 17.6 Å². The summed E-state index contributed by atoms with van der Waals surface area (Å²) in [6.07, 6.45) is 1.62. The van der Waals surface area contributed by atoms with Gasteiger partial charge in [0, 0.05) is 12.5 Å². The molecular formula is C8H14N2O2. The largest absolute Gasteiger partial charge is 0.480 e. The molecular weight excluding hydrogens is 156 g/mol. The molecule has 0 unspecified atom stereocenters. The minimum absolute atomic E-state index is 0.133. The van der Waals surface area contributed by atoms with Gasteiger partial charge >= 0.3 is 5.97 Å². The van der Waals surface area contributed by atoms with Gasteiger partial charge in [0.25, 0.3) is 0 Å². The van der Waals surface area contributed by atoms with Crippen LogP contribution in [0.5, 0.6) is 0 Å². The van der Waals surface area contributed by atoms with Crippen LogP contribution in [0.2, 0.25) is 0 Å². The number of aliphatic carboxylic acids is 1. The van der Waals surface area contributed by atoms with Crippen LogP contribution in [0, 0.1) is 11.8 Å². The van der Waals surface area contributed by atoms with Crippen LogP contribution in [-0.4, -0.2) is 29.7 Å². The first-order chi connectivity index (χ1) is 5.63. The standard InChI is InChI=1S/C8H14N2O2/c9-8(7(11)12)2-5-1-6(8)4-10-3-5/h5-6,10H,1-4,9H2,(H,11,12)/t5-,6-,8-/m0/s1. The fourth-order valence-corrected chi connectivity index (χ4v) is 2.48. The summed E-state index contributed by atoms with van der Waals surface area (Å²) in [4.78, 5) is 10.9. The molecule has 0 amide bonds. The van der Waals surface area contributed by atoms with Gasteiger partial charge in [-0.15, -0.1) is 0 Å². The number of nitrogens with two attached hydrogens (primary N) is 1. The average molecular weight is 170 g/mol. The highest BCUT2D eigenvalue weighted by atomic mass is 16.4. The zero-order valence-electron chi connectivity index (χ0n) is 6.92. The highest BCUT2D eigenvalue weighted by Crippen LogP contribution is 2.39. The van der Waals surface area contributed by atoms with Gasteiger partial charge in [0.15, 0.2) is 0 Å². The van der Waals surface area contributed by atoms with E-state index in [1.165, 1.54) is 0 Å². The van der Waals surface area contributed by atoms with E-state index in [0.717, 1.165) is 19.5 Å². The van der Waals surface area contributed by atoms with Gasteiger partial charge in [-0.2, -0.15) is 0 Å². The Balaban J connectivity index is 2.23. The number of fused-ring (bicyclic) bond motifs is 2. The fourth-order valence-electron chi connectivity index (χ4n) is 2.48. The smallest absolute Gasteiger partial charge is 0.324 e. The predicted molar refractivity (Wildman–Crippen MR) is 43.6 cm³/mol. The summed E-state index contributed by atoms with van der Waals surface area (Å²) in [7, 11) is 0. The molecule has 4 N–H and O–H groups in total. The van der Waals surface area contributed by atoms with Gasteiger partial charge < -0.3 is 16.2 Å². The summed E-state index contributed by atoms with van der Waals surface area (Å²) >= 11 is 0. The van der Waals surface area contributed by atoms with E-state index in [2.05, 4.69) is 5.32 Å². The molecule has 1 heterocycles. The van der Waals surface area contributed by atoms with E-state index in [9.17, 15) is 4.79 Å². The molecule has 1 saturated carbocycles. The number of carboxylic acid groups (broad SMARTS) is 1. The molecule has 1 aliphatic heterocycles. The van der Waals surface area contributed by atoms with Crippen molar-refractivity contribution in [1.82, 2.24) is 5.32 Å². The van der Waals surface area contributed by atoms with Crippen molar-refractivity contribution in [2.45, 2.75) is 18.4 Å². The van der Waals surface area contributed by atoms with E-state index >= 15 is 0 Å². The molecule has 1 aliphatic carbocycles. The molecule has 0 aromatic carbocycles. The van der Waals surface area contributed by atoms with Gasteiger partial charge in [-0.25, -0.2) is 0 Å². The van der Waals surface area contributed by atoms with E-state index in [-0.39, 0.29) is 5.92 Å². The maximum atomic E-state index is 10.9. The van der Waals surface area contributed by atoms with Crippen molar-refractivity contribution in [3.8, 4) is 0 Å². The summed E-state index contributed by atoms with van der Waals surface area (Å²) < 4.78 is 0. The number of hydrogen-bond acceptors (Lipinski definition) is 3. The molecule has 2 bridgehead atoms. The second kappa shape index (κ2) is 2.44. The molecule has 0 aromatic heterocycles. The third kappa shape index (κ3) is 0.949. The zero-order chi connectivity index (χ0) is 8.77. The second-order valence-corrected chi connectivity index (χ2v) is 4.01. The van der Waals surface area contributed by atoms with Crippen molar-refractivity contribution in [3.05, 3.63) is 0 Å². The molecule has 2 aliphatic rings. The Morgan fingerprint density at radius 3 is 2.92 bits per heavy atom. The normalized spacial score (nSPS) is 46.1. The average Bonchev–Trinajstić information content (AvgIpc) is 2.25. The predicted octanol–water partition coefficient (Wildman–Crippen LogP) is -0.602. The first-order valence-electron chi connectivity index (χ1n) is 4.36. The molecule has 4 nitrogen and oxygen atoms in total. The van der Waals surface area contributed by atoms with Crippen molar-refractivity contribution >= 4 is 5.97 Å². The highest BCUT2D eigenvalue weighted by molar-refractivity contribution is 5.79. The molecule has 4 heteroatoms. The number of hydrogen-bond donors (Lipinski definition) is 3. The second-order valence-electron chi connectivity index (χ2n) is 4.01. The number of rotatable bonds is 1. The lowest BCUT2D eigenvalue weighted by Gasteiger charge is -2.26. The van der Waals surface area contributed by atoms with E-state index in [0.29, 0.717) is 12.3 Å². The van der Waals surface area contributed by atoms with Gasteiger partial charge in [-0.1, -0.05) is 0 Å². The van der Waals surface area contributed by atoms with Gasteiger partial charge in [0.2, 0.25) is 0 Å². The van der Waals surface area contributed by atoms with Crippen LogP contribution in [0.1, 0.15) is 12.8 Å². The van der Waals surface area contributed by atoms with Crippen LogP contribution in [0.15, 0.2) is 0 Å². The zero-order valence-corrected chi connectivity index (χ0v) is 6.92. The van der Waals surface area contributed by atoms with E-state index < -0.39 is 11.5 Å². The Morgan fingerprint density at radius 1 is 1.58 bits per heavy atom. The topological polar surface area (TPSA) is 75.4 Å². The molecule has 68 valence electrons. The van der Waals surface area contributed by atoms with Crippen LogP contribution < -0.4 is 11.1 Å². The maximum absolute atomic E-state index is 10.9. The Hall–Kier alpha value is -0.610. The van der Waals surface area contributed by atoms with E-state index in [1.54, 1.807) is 0 Å². The van der Waals surface area contributed by atoms with Crippen LogP contribution in [0.25, 0.3) is 0 Å². The molecule has 0 aromatic rings. The summed E-state index contributed by atoms with van der Waals surface area (Å²) in [6, 6.07) is 0. The Kier molecular flexibility index (Phi) is 1.63. The Labute approximate surface area is 71.1 Å². The van der Waals surface area contributed by atoms with Crippen LogP contribution >= 0.6 is 0 Å². The lowest BCUT2D eigenvalue weighted by atomic mass is 9.88. The molecule has 12 heavy (non-hydrogen) atoms. The maximum Gasteiger partial charge on any atom is 0.324 e. The fraction of sp³-hybridized carbons (Fsp3) is 0.875. The van der Waals surface area contributed by atoms with Crippen molar-refractivity contribution in [1.29, 1.82) is 0 Å². The number of piperidine rings is 1. The number of nitrogens with one attached hydrogen (secondary N) is 1. The highest BCUT2D eigenvalue weighted by Gasteiger charge is 2.51. The molecule has 0 spiro atoms.